The van der Waals surface area contributed by atoms with Crippen molar-refractivity contribution in [3.8, 4) is 5.75 Å². The first-order valence-electron chi connectivity index (χ1n) is 14.8. The number of rotatable bonds is 12. The maximum absolute atomic E-state index is 13.7. The van der Waals surface area contributed by atoms with Crippen molar-refractivity contribution >= 4 is 17.8 Å². The van der Waals surface area contributed by atoms with Crippen molar-refractivity contribution in [2.45, 2.75) is 95.2 Å². The molecule has 9 nitrogen and oxygen atoms in total. The van der Waals surface area contributed by atoms with Gasteiger partial charge in [-0.3, -0.25) is 9.59 Å². The van der Waals surface area contributed by atoms with E-state index >= 15 is 0 Å². The van der Waals surface area contributed by atoms with E-state index in [1.54, 1.807) is 12.1 Å². The van der Waals surface area contributed by atoms with Crippen molar-refractivity contribution < 1.29 is 29.3 Å². The summed E-state index contributed by atoms with van der Waals surface area (Å²) in [6.07, 6.45) is 9.13. The van der Waals surface area contributed by atoms with E-state index in [0.29, 0.717) is 31.7 Å². The Balaban J connectivity index is 1.27. The monoisotopic (exact) mass is 543 g/mol. The Bertz CT molecular complexity index is 969. The molecule has 3 aliphatic rings. The van der Waals surface area contributed by atoms with Crippen LogP contribution in [-0.2, 0) is 9.59 Å². The predicted octanol–water partition coefficient (Wildman–Crippen LogP) is 3.45. The van der Waals surface area contributed by atoms with E-state index < -0.39 is 23.7 Å². The standard InChI is InChI=1S/C30H45N3O6/c1-2-3-18-33-27(35)25(26(34)22-9-5-4-6-10-22)31-29(38)30(33)15-19-32(20-16-30)17-7-8-21-39-24-13-11-23(12-14-24)28(36)37/h11-14,22,25-26,34H,2-10,15-21H2,1H3,(H,31,38)(H,36,37)/t25-,26-/m1/s1. The van der Waals surface area contributed by atoms with Crippen molar-refractivity contribution in [2.75, 3.05) is 32.8 Å². The van der Waals surface area contributed by atoms with Crippen LogP contribution >= 0.6 is 0 Å². The number of hydrogen-bond donors (Lipinski definition) is 3. The van der Waals surface area contributed by atoms with Crippen LogP contribution in [0.4, 0.5) is 0 Å². The number of piperidine rings is 1. The number of carbonyl (C=O) groups is 3. The maximum atomic E-state index is 13.7. The van der Waals surface area contributed by atoms with Crippen LogP contribution in [0, 0.1) is 5.92 Å². The largest absolute Gasteiger partial charge is 0.494 e. The molecule has 216 valence electrons. The van der Waals surface area contributed by atoms with Crippen LogP contribution in [0.25, 0.3) is 0 Å². The number of nitrogens with zero attached hydrogens (tertiary/aromatic N) is 2. The van der Waals surface area contributed by atoms with Gasteiger partial charge in [-0.05, 0) is 81.7 Å². The third-order valence-electron chi connectivity index (χ3n) is 8.89. The lowest BCUT2D eigenvalue weighted by Gasteiger charge is -2.52. The Morgan fingerprint density at radius 2 is 1.74 bits per heavy atom. The molecule has 0 aromatic heterocycles. The lowest BCUT2D eigenvalue weighted by atomic mass is 9.78. The summed E-state index contributed by atoms with van der Waals surface area (Å²) in [6.45, 7) is 5.59. The molecule has 2 atom stereocenters. The Hall–Kier alpha value is -2.65. The molecule has 2 heterocycles. The zero-order valence-corrected chi connectivity index (χ0v) is 23.3. The molecule has 2 saturated heterocycles. The highest BCUT2D eigenvalue weighted by atomic mass is 16.5. The van der Waals surface area contributed by atoms with E-state index in [2.05, 4.69) is 17.1 Å². The second kappa shape index (κ2) is 13.6. The minimum Gasteiger partial charge on any atom is -0.494 e. The van der Waals surface area contributed by atoms with Gasteiger partial charge >= 0.3 is 5.97 Å². The fourth-order valence-corrected chi connectivity index (χ4v) is 6.42. The molecule has 1 spiro atoms. The maximum Gasteiger partial charge on any atom is 0.335 e. The summed E-state index contributed by atoms with van der Waals surface area (Å²) in [5, 5.41) is 23.1. The van der Waals surface area contributed by atoms with Gasteiger partial charge in [0.25, 0.3) is 0 Å². The molecule has 1 aromatic carbocycles. The molecule has 2 amide bonds. The zero-order chi connectivity index (χ0) is 27.8. The first-order chi connectivity index (χ1) is 18.9. The van der Waals surface area contributed by atoms with Crippen molar-refractivity contribution in [3.63, 3.8) is 0 Å². The number of aromatic carboxylic acids is 1. The summed E-state index contributed by atoms with van der Waals surface area (Å²) in [5.74, 6) is -0.426. The van der Waals surface area contributed by atoms with Gasteiger partial charge in [0.15, 0.2) is 0 Å². The Kier molecular flexibility index (Phi) is 10.2. The Morgan fingerprint density at radius 3 is 2.38 bits per heavy atom. The van der Waals surface area contributed by atoms with E-state index in [-0.39, 0.29) is 23.3 Å². The van der Waals surface area contributed by atoms with Crippen LogP contribution in [0.3, 0.4) is 0 Å². The van der Waals surface area contributed by atoms with E-state index in [1.165, 1.54) is 18.6 Å². The number of likely N-dealkylation sites (tertiary alicyclic amines) is 1. The normalized spacial score (nSPS) is 23.0. The van der Waals surface area contributed by atoms with Crippen molar-refractivity contribution in [2.24, 2.45) is 5.92 Å². The number of carboxylic acid groups (broad SMARTS) is 1. The molecule has 3 N–H and O–H groups in total. The minimum atomic E-state index is -0.953. The fraction of sp³-hybridized carbons (Fsp3) is 0.700. The number of benzene rings is 1. The van der Waals surface area contributed by atoms with Gasteiger partial charge in [0, 0.05) is 19.6 Å². The molecule has 3 fully saturated rings. The smallest absolute Gasteiger partial charge is 0.335 e. The highest BCUT2D eigenvalue weighted by molar-refractivity contribution is 6.00. The van der Waals surface area contributed by atoms with Gasteiger partial charge in [-0.2, -0.15) is 0 Å². The summed E-state index contributed by atoms with van der Waals surface area (Å²) >= 11 is 0. The van der Waals surface area contributed by atoms with Gasteiger partial charge in [0.05, 0.1) is 18.3 Å². The zero-order valence-electron chi connectivity index (χ0n) is 23.3. The lowest BCUT2D eigenvalue weighted by Crippen LogP contribution is -2.75. The molecule has 4 rings (SSSR count). The summed E-state index contributed by atoms with van der Waals surface area (Å²) < 4.78 is 5.74. The molecule has 39 heavy (non-hydrogen) atoms. The molecule has 2 aliphatic heterocycles. The first-order valence-corrected chi connectivity index (χ1v) is 14.8. The van der Waals surface area contributed by atoms with Gasteiger partial charge in [-0.1, -0.05) is 32.6 Å². The van der Waals surface area contributed by atoms with E-state index in [1.807, 2.05) is 4.90 Å². The second-order valence-corrected chi connectivity index (χ2v) is 11.4. The number of unbranched alkanes of at least 4 members (excludes halogenated alkanes) is 2. The Labute approximate surface area is 231 Å². The predicted molar refractivity (Wildman–Crippen MR) is 148 cm³/mol. The quantitative estimate of drug-likeness (QED) is 0.346. The number of amides is 2. The van der Waals surface area contributed by atoms with E-state index in [0.717, 1.165) is 71.0 Å². The van der Waals surface area contributed by atoms with Gasteiger partial charge < -0.3 is 30.1 Å². The first kappa shape index (κ1) is 29.3. The molecular formula is C30H45N3O6. The summed E-state index contributed by atoms with van der Waals surface area (Å²) in [5.41, 5.74) is -0.584. The van der Waals surface area contributed by atoms with Crippen molar-refractivity contribution in [1.82, 2.24) is 15.1 Å². The van der Waals surface area contributed by atoms with Crippen molar-refractivity contribution in [1.29, 1.82) is 0 Å². The average Bonchev–Trinajstić information content (AvgIpc) is 2.96. The number of piperazine rings is 1. The van der Waals surface area contributed by atoms with Gasteiger partial charge in [-0.15, -0.1) is 0 Å². The highest BCUT2D eigenvalue weighted by Crippen LogP contribution is 2.36. The molecule has 0 bridgehead atoms. The highest BCUT2D eigenvalue weighted by Gasteiger charge is 2.55. The second-order valence-electron chi connectivity index (χ2n) is 11.4. The van der Waals surface area contributed by atoms with Gasteiger partial charge in [-0.25, -0.2) is 4.79 Å². The Morgan fingerprint density at radius 1 is 1.05 bits per heavy atom. The molecule has 0 radical (unpaired) electrons. The number of hydrogen-bond acceptors (Lipinski definition) is 6. The number of carbonyl (C=O) groups excluding carboxylic acids is 2. The topological polar surface area (TPSA) is 119 Å². The SMILES string of the molecule is CCCCN1C(=O)[C@@H]([C@H](O)C2CCCCC2)NC(=O)C12CCN(CCCCOc1ccc(C(=O)O)cc1)CC2. The average molecular weight is 544 g/mol. The summed E-state index contributed by atoms with van der Waals surface area (Å²) in [6, 6.07) is 5.59. The lowest BCUT2D eigenvalue weighted by molar-refractivity contribution is -0.165. The van der Waals surface area contributed by atoms with Crippen molar-refractivity contribution in [3.05, 3.63) is 29.8 Å². The summed E-state index contributed by atoms with van der Waals surface area (Å²) in [4.78, 5) is 42.5. The molecule has 1 saturated carbocycles. The van der Waals surface area contributed by atoms with Crippen LogP contribution in [0.2, 0.25) is 0 Å². The number of aliphatic hydroxyl groups excluding tert-OH is 1. The minimum absolute atomic E-state index is 0.0741. The van der Waals surface area contributed by atoms with Gasteiger partial charge in [0.1, 0.15) is 17.3 Å². The van der Waals surface area contributed by atoms with E-state index in [4.69, 9.17) is 9.84 Å². The molecule has 9 heteroatoms. The number of nitrogens with one attached hydrogen (secondary N) is 1. The third kappa shape index (κ3) is 6.92. The number of aliphatic hydroxyl groups is 1. The fourth-order valence-electron chi connectivity index (χ4n) is 6.42. The molecule has 1 aliphatic carbocycles. The molecule has 1 aromatic rings. The van der Waals surface area contributed by atoms with Crippen LogP contribution < -0.4 is 10.1 Å². The van der Waals surface area contributed by atoms with Crippen LogP contribution in [-0.4, -0.2) is 88.3 Å². The van der Waals surface area contributed by atoms with E-state index in [9.17, 15) is 19.5 Å². The van der Waals surface area contributed by atoms with Crippen LogP contribution in [0.1, 0.15) is 87.9 Å². The van der Waals surface area contributed by atoms with Crippen LogP contribution in [0.15, 0.2) is 24.3 Å². The molecular weight excluding hydrogens is 498 g/mol. The molecule has 0 unspecified atom stereocenters. The third-order valence-corrected chi connectivity index (χ3v) is 8.89. The summed E-state index contributed by atoms with van der Waals surface area (Å²) in [7, 11) is 0. The van der Waals surface area contributed by atoms with Gasteiger partial charge in [0.2, 0.25) is 11.8 Å². The number of ether oxygens (including phenoxy) is 1. The van der Waals surface area contributed by atoms with Crippen LogP contribution in [0.5, 0.6) is 5.75 Å². The number of carboxylic acids is 1.